The summed E-state index contributed by atoms with van der Waals surface area (Å²) in [5.74, 6) is 1.35. The molecule has 1 aromatic carbocycles. The van der Waals surface area contributed by atoms with E-state index >= 15 is 0 Å². The molecule has 140 valence electrons. The Balaban J connectivity index is 1.40. The SMILES string of the molecule is Cc1cc(C)nc(SCC(=O)N2CCCC(c3nc4ccccc4o3)C2)n1. The molecule has 1 amide bonds. The van der Waals surface area contributed by atoms with Gasteiger partial charge in [-0.3, -0.25) is 4.79 Å². The second-order valence-corrected chi connectivity index (χ2v) is 7.86. The van der Waals surface area contributed by atoms with Crippen LogP contribution >= 0.6 is 11.8 Å². The van der Waals surface area contributed by atoms with E-state index in [9.17, 15) is 4.79 Å². The van der Waals surface area contributed by atoms with Crippen molar-refractivity contribution >= 4 is 28.8 Å². The van der Waals surface area contributed by atoms with Gasteiger partial charge in [-0.05, 0) is 44.9 Å². The molecule has 1 unspecified atom stereocenters. The Morgan fingerprint density at radius 2 is 2.00 bits per heavy atom. The zero-order valence-corrected chi connectivity index (χ0v) is 16.3. The first kappa shape index (κ1) is 18.0. The number of carbonyl (C=O) groups is 1. The predicted octanol–water partition coefficient (Wildman–Crippen LogP) is 3.73. The monoisotopic (exact) mass is 382 g/mol. The molecule has 0 N–H and O–H groups in total. The lowest BCUT2D eigenvalue weighted by Gasteiger charge is -2.31. The molecule has 0 bridgehead atoms. The number of para-hydroxylation sites is 2. The fourth-order valence-electron chi connectivity index (χ4n) is 3.45. The minimum Gasteiger partial charge on any atom is -0.440 e. The Hall–Kier alpha value is -2.41. The number of aryl methyl sites for hydroxylation is 2. The molecule has 0 spiro atoms. The van der Waals surface area contributed by atoms with Gasteiger partial charge in [0.1, 0.15) is 5.52 Å². The molecule has 7 heteroatoms. The maximum Gasteiger partial charge on any atom is 0.233 e. The number of hydrogen-bond acceptors (Lipinski definition) is 6. The van der Waals surface area contributed by atoms with Crippen LogP contribution in [0.4, 0.5) is 0 Å². The van der Waals surface area contributed by atoms with E-state index in [1.165, 1.54) is 11.8 Å². The van der Waals surface area contributed by atoms with E-state index in [2.05, 4.69) is 15.0 Å². The van der Waals surface area contributed by atoms with Crippen molar-refractivity contribution < 1.29 is 9.21 Å². The van der Waals surface area contributed by atoms with Crippen molar-refractivity contribution in [1.29, 1.82) is 0 Å². The molecule has 0 saturated carbocycles. The minimum atomic E-state index is 0.114. The molecule has 1 aliphatic heterocycles. The first-order valence-corrected chi connectivity index (χ1v) is 10.2. The third kappa shape index (κ3) is 4.13. The van der Waals surface area contributed by atoms with Crippen molar-refractivity contribution in [3.8, 4) is 0 Å². The second kappa shape index (κ2) is 7.68. The van der Waals surface area contributed by atoms with Crippen molar-refractivity contribution in [1.82, 2.24) is 19.9 Å². The van der Waals surface area contributed by atoms with E-state index < -0.39 is 0 Å². The number of hydrogen-bond donors (Lipinski definition) is 0. The summed E-state index contributed by atoms with van der Waals surface area (Å²) in [4.78, 5) is 28.0. The normalized spacial score (nSPS) is 17.4. The summed E-state index contributed by atoms with van der Waals surface area (Å²) >= 11 is 1.40. The smallest absolute Gasteiger partial charge is 0.233 e. The van der Waals surface area contributed by atoms with Gasteiger partial charge in [-0.1, -0.05) is 23.9 Å². The number of thioether (sulfide) groups is 1. The van der Waals surface area contributed by atoms with E-state index in [0.29, 0.717) is 17.5 Å². The highest BCUT2D eigenvalue weighted by molar-refractivity contribution is 7.99. The van der Waals surface area contributed by atoms with Crippen LogP contribution in [0.5, 0.6) is 0 Å². The summed E-state index contributed by atoms with van der Waals surface area (Å²) in [5, 5.41) is 0.661. The highest BCUT2D eigenvalue weighted by atomic mass is 32.2. The molecular weight excluding hydrogens is 360 g/mol. The van der Waals surface area contributed by atoms with E-state index in [0.717, 1.165) is 47.8 Å². The molecule has 0 aliphatic carbocycles. The van der Waals surface area contributed by atoms with Crippen LogP contribution in [0.25, 0.3) is 11.1 Å². The molecule has 3 heterocycles. The Morgan fingerprint density at radius 3 is 2.78 bits per heavy atom. The second-order valence-electron chi connectivity index (χ2n) is 6.92. The van der Waals surface area contributed by atoms with Gasteiger partial charge in [-0.15, -0.1) is 0 Å². The van der Waals surface area contributed by atoms with Gasteiger partial charge in [0.2, 0.25) is 5.91 Å². The van der Waals surface area contributed by atoms with Crippen molar-refractivity contribution in [2.24, 2.45) is 0 Å². The van der Waals surface area contributed by atoms with Crippen LogP contribution in [0.15, 0.2) is 39.9 Å². The summed E-state index contributed by atoms with van der Waals surface area (Å²) in [6, 6.07) is 9.71. The number of fused-ring (bicyclic) bond motifs is 1. The van der Waals surface area contributed by atoms with Gasteiger partial charge >= 0.3 is 0 Å². The quantitative estimate of drug-likeness (QED) is 0.506. The number of amides is 1. The fourth-order valence-corrected chi connectivity index (χ4v) is 4.30. The van der Waals surface area contributed by atoms with Gasteiger partial charge in [0.05, 0.1) is 11.7 Å². The van der Waals surface area contributed by atoms with Gasteiger partial charge in [-0.2, -0.15) is 0 Å². The maximum absolute atomic E-state index is 12.7. The lowest BCUT2D eigenvalue weighted by molar-refractivity contribution is -0.129. The molecule has 3 aromatic rings. The molecule has 2 aromatic heterocycles. The number of aromatic nitrogens is 3. The molecular formula is C20H22N4O2S. The van der Waals surface area contributed by atoms with E-state index in [-0.39, 0.29) is 11.8 Å². The zero-order valence-electron chi connectivity index (χ0n) is 15.5. The summed E-state index contributed by atoms with van der Waals surface area (Å²) in [5.41, 5.74) is 3.52. The number of carbonyl (C=O) groups excluding carboxylic acids is 1. The Morgan fingerprint density at radius 1 is 1.22 bits per heavy atom. The third-order valence-corrected chi connectivity index (χ3v) is 5.55. The van der Waals surface area contributed by atoms with E-state index in [1.807, 2.05) is 49.1 Å². The van der Waals surface area contributed by atoms with Gasteiger partial charge < -0.3 is 9.32 Å². The Labute approximate surface area is 162 Å². The molecule has 1 atom stereocenters. The maximum atomic E-state index is 12.7. The lowest BCUT2D eigenvalue weighted by Crippen LogP contribution is -2.40. The molecule has 1 fully saturated rings. The zero-order chi connectivity index (χ0) is 18.8. The highest BCUT2D eigenvalue weighted by Crippen LogP contribution is 2.29. The topological polar surface area (TPSA) is 72.1 Å². The Bertz CT molecular complexity index is 918. The lowest BCUT2D eigenvalue weighted by atomic mass is 9.98. The highest BCUT2D eigenvalue weighted by Gasteiger charge is 2.28. The van der Waals surface area contributed by atoms with Crippen LogP contribution in [0.2, 0.25) is 0 Å². The Kier molecular flexibility index (Phi) is 5.11. The fraction of sp³-hybridized carbons (Fsp3) is 0.400. The molecule has 27 heavy (non-hydrogen) atoms. The number of nitrogens with zero attached hydrogens (tertiary/aromatic N) is 4. The summed E-state index contributed by atoms with van der Waals surface area (Å²) in [7, 11) is 0. The van der Waals surface area contributed by atoms with E-state index in [4.69, 9.17) is 4.42 Å². The molecule has 0 radical (unpaired) electrons. The third-order valence-electron chi connectivity index (χ3n) is 4.72. The minimum absolute atomic E-state index is 0.114. The molecule has 1 saturated heterocycles. The molecule has 1 aliphatic rings. The number of benzene rings is 1. The van der Waals surface area contributed by atoms with Crippen LogP contribution in [-0.4, -0.2) is 44.6 Å². The average Bonchev–Trinajstić information content (AvgIpc) is 3.10. The van der Waals surface area contributed by atoms with Crippen molar-refractivity contribution in [2.75, 3.05) is 18.8 Å². The van der Waals surface area contributed by atoms with Crippen molar-refractivity contribution in [3.63, 3.8) is 0 Å². The number of rotatable bonds is 4. The largest absolute Gasteiger partial charge is 0.440 e. The van der Waals surface area contributed by atoms with Crippen LogP contribution in [0.3, 0.4) is 0 Å². The van der Waals surface area contributed by atoms with Gasteiger partial charge in [0, 0.05) is 24.5 Å². The number of piperidine rings is 1. The van der Waals surface area contributed by atoms with Crippen molar-refractivity contribution in [2.45, 2.75) is 37.8 Å². The van der Waals surface area contributed by atoms with Crippen molar-refractivity contribution in [3.05, 3.63) is 47.6 Å². The van der Waals surface area contributed by atoms with Gasteiger partial charge in [-0.25, -0.2) is 15.0 Å². The van der Waals surface area contributed by atoms with Crippen LogP contribution < -0.4 is 0 Å². The average molecular weight is 382 g/mol. The summed E-state index contributed by atoms with van der Waals surface area (Å²) in [6.45, 7) is 5.32. The summed E-state index contributed by atoms with van der Waals surface area (Å²) < 4.78 is 5.92. The van der Waals surface area contributed by atoms with E-state index in [1.54, 1.807) is 0 Å². The first-order valence-electron chi connectivity index (χ1n) is 9.17. The van der Waals surface area contributed by atoms with Gasteiger partial charge in [0.25, 0.3) is 0 Å². The van der Waals surface area contributed by atoms with Crippen LogP contribution in [0, 0.1) is 13.8 Å². The first-order chi connectivity index (χ1) is 13.1. The van der Waals surface area contributed by atoms with Gasteiger partial charge in [0.15, 0.2) is 16.6 Å². The number of oxazole rings is 1. The molecule has 6 nitrogen and oxygen atoms in total. The summed E-state index contributed by atoms with van der Waals surface area (Å²) in [6.07, 6.45) is 1.95. The predicted molar refractivity (Wildman–Crippen MR) is 105 cm³/mol. The van der Waals surface area contributed by atoms with Crippen LogP contribution in [0.1, 0.15) is 36.0 Å². The molecule has 4 rings (SSSR count). The standard InChI is InChI=1S/C20H22N4O2S/c1-13-10-14(2)22-20(21-13)27-12-18(25)24-9-5-6-15(11-24)19-23-16-7-3-4-8-17(16)26-19/h3-4,7-8,10,15H,5-6,9,11-12H2,1-2H3. The van der Waals surface area contributed by atoms with Crippen LogP contribution in [-0.2, 0) is 4.79 Å². The number of likely N-dealkylation sites (tertiary alicyclic amines) is 1.